The molecule has 0 aliphatic carbocycles. The molecule has 9 heteroatoms. The molecule has 9 nitrogen and oxygen atoms in total. The molecular formula is C32H28N6O3. The van der Waals surface area contributed by atoms with Crippen LogP contribution in [0.2, 0.25) is 0 Å². The van der Waals surface area contributed by atoms with Crippen LogP contribution in [-0.4, -0.2) is 32.8 Å². The highest BCUT2D eigenvalue weighted by atomic mass is 16.5. The molecule has 1 aliphatic rings. The quantitative estimate of drug-likeness (QED) is 0.252. The average molecular weight is 545 g/mol. The molecule has 2 aromatic heterocycles. The maximum Gasteiger partial charge on any atom is 0.255 e. The van der Waals surface area contributed by atoms with Crippen LogP contribution < -0.4 is 20.1 Å². The molecule has 0 saturated heterocycles. The number of pyridine rings is 1. The number of amides is 1. The number of allylic oxidation sites excluding steroid dienone is 1. The number of rotatable bonds is 8. The zero-order valence-corrected chi connectivity index (χ0v) is 22.6. The summed E-state index contributed by atoms with van der Waals surface area (Å²) in [6.07, 6.45) is 3.27. The van der Waals surface area contributed by atoms with Gasteiger partial charge in [0.2, 0.25) is 5.95 Å². The summed E-state index contributed by atoms with van der Waals surface area (Å²) in [4.78, 5) is 22.6. The van der Waals surface area contributed by atoms with Crippen molar-refractivity contribution in [2.24, 2.45) is 0 Å². The molecule has 1 aliphatic heterocycles. The Morgan fingerprint density at radius 2 is 1.76 bits per heavy atom. The second-order valence-electron chi connectivity index (χ2n) is 9.51. The van der Waals surface area contributed by atoms with Crippen LogP contribution in [0.1, 0.15) is 24.1 Å². The normalized spacial score (nSPS) is 14.1. The van der Waals surface area contributed by atoms with Crippen LogP contribution in [0.15, 0.2) is 115 Å². The molecule has 0 bridgehead atoms. The van der Waals surface area contributed by atoms with Crippen molar-refractivity contribution in [2.75, 3.05) is 17.7 Å². The van der Waals surface area contributed by atoms with E-state index in [1.807, 2.05) is 85.8 Å². The highest BCUT2D eigenvalue weighted by Gasteiger charge is 2.35. The number of fused-ring (bicyclic) bond motifs is 1. The van der Waals surface area contributed by atoms with Crippen LogP contribution in [0.25, 0.3) is 11.4 Å². The molecule has 0 fully saturated rings. The molecule has 41 heavy (non-hydrogen) atoms. The van der Waals surface area contributed by atoms with E-state index < -0.39 is 6.04 Å². The number of hydrogen-bond donors (Lipinski definition) is 2. The van der Waals surface area contributed by atoms with Crippen LogP contribution in [-0.2, 0) is 11.4 Å². The van der Waals surface area contributed by atoms with E-state index in [0.29, 0.717) is 41.1 Å². The highest BCUT2D eigenvalue weighted by molar-refractivity contribution is 6.06. The largest absolute Gasteiger partial charge is 0.496 e. The molecule has 204 valence electrons. The maximum absolute atomic E-state index is 13.7. The zero-order valence-electron chi connectivity index (χ0n) is 22.6. The third-order valence-electron chi connectivity index (χ3n) is 6.81. The number of carbonyl (C=O) groups is 1. The lowest BCUT2D eigenvalue weighted by molar-refractivity contribution is -0.113. The van der Waals surface area contributed by atoms with Gasteiger partial charge in [0.1, 0.15) is 24.1 Å². The number of hydrogen-bond acceptors (Lipinski definition) is 7. The summed E-state index contributed by atoms with van der Waals surface area (Å²) < 4.78 is 13.3. The summed E-state index contributed by atoms with van der Waals surface area (Å²) in [6, 6.07) is 28.3. The number of nitrogens with zero attached hydrogens (tertiary/aromatic N) is 4. The monoisotopic (exact) mass is 544 g/mol. The van der Waals surface area contributed by atoms with Crippen molar-refractivity contribution in [1.29, 1.82) is 0 Å². The molecular weight excluding hydrogens is 516 g/mol. The van der Waals surface area contributed by atoms with Gasteiger partial charge < -0.3 is 20.1 Å². The standard InChI is InChI=1S/C32H28N6O3/c1-21-28(31(39)35-24-11-8-18-33-19-24)29(23-14-16-25(17-15-23)41-20-22-9-4-3-5-10-22)38-32(34-21)36-30(37-38)26-12-6-7-13-27(26)40-2/h3-19,29H,20H2,1-2H3,(H,35,39)(H,34,36,37). The second-order valence-corrected chi connectivity index (χ2v) is 9.51. The summed E-state index contributed by atoms with van der Waals surface area (Å²) in [5.74, 6) is 2.13. The number of methoxy groups -OCH3 is 1. The predicted molar refractivity (Wildman–Crippen MR) is 157 cm³/mol. The molecule has 0 saturated carbocycles. The SMILES string of the molecule is COc1ccccc1-c1nc2n(n1)C(c1ccc(OCc3ccccc3)cc1)C(C(=O)Nc1cccnc1)=C(C)N2. The fraction of sp³-hybridized carbons (Fsp3) is 0.125. The van der Waals surface area contributed by atoms with Crippen molar-refractivity contribution < 1.29 is 14.3 Å². The number of benzene rings is 3. The van der Waals surface area contributed by atoms with E-state index in [1.165, 1.54) is 0 Å². The first-order chi connectivity index (χ1) is 20.1. The average Bonchev–Trinajstić information content (AvgIpc) is 3.44. The van der Waals surface area contributed by atoms with E-state index in [4.69, 9.17) is 19.6 Å². The van der Waals surface area contributed by atoms with E-state index in [9.17, 15) is 4.79 Å². The molecule has 2 N–H and O–H groups in total. The van der Waals surface area contributed by atoms with Gasteiger partial charge in [0.05, 0.1) is 30.1 Å². The van der Waals surface area contributed by atoms with E-state index in [0.717, 1.165) is 22.4 Å². The van der Waals surface area contributed by atoms with Crippen LogP contribution in [0.3, 0.4) is 0 Å². The van der Waals surface area contributed by atoms with Gasteiger partial charge in [-0.2, -0.15) is 4.98 Å². The molecule has 3 aromatic carbocycles. The maximum atomic E-state index is 13.7. The summed E-state index contributed by atoms with van der Waals surface area (Å²) in [5, 5.41) is 11.1. The van der Waals surface area contributed by atoms with Gasteiger partial charge in [0.25, 0.3) is 5.91 Å². The van der Waals surface area contributed by atoms with Crippen molar-refractivity contribution in [3.8, 4) is 22.9 Å². The molecule has 3 heterocycles. The number of ether oxygens (including phenoxy) is 2. The number of carbonyl (C=O) groups excluding carboxylic acids is 1. The lowest BCUT2D eigenvalue weighted by Gasteiger charge is -2.28. The fourth-order valence-electron chi connectivity index (χ4n) is 4.82. The lowest BCUT2D eigenvalue weighted by Crippen LogP contribution is -2.31. The van der Waals surface area contributed by atoms with Gasteiger partial charge >= 0.3 is 0 Å². The van der Waals surface area contributed by atoms with Crippen LogP contribution >= 0.6 is 0 Å². The topological polar surface area (TPSA) is 103 Å². The number of nitrogens with one attached hydrogen (secondary N) is 2. The molecule has 0 spiro atoms. The Hall–Kier alpha value is -5.44. The van der Waals surface area contributed by atoms with Gasteiger partial charge in [-0.05, 0) is 54.4 Å². The van der Waals surface area contributed by atoms with Gasteiger partial charge in [-0.25, -0.2) is 4.68 Å². The lowest BCUT2D eigenvalue weighted by atomic mass is 9.95. The van der Waals surface area contributed by atoms with Crippen molar-refractivity contribution in [1.82, 2.24) is 19.7 Å². The predicted octanol–water partition coefficient (Wildman–Crippen LogP) is 5.86. The highest BCUT2D eigenvalue weighted by Crippen LogP contribution is 2.38. The van der Waals surface area contributed by atoms with E-state index in [1.54, 1.807) is 36.3 Å². The van der Waals surface area contributed by atoms with Crippen molar-refractivity contribution in [2.45, 2.75) is 19.6 Å². The third kappa shape index (κ3) is 5.38. The van der Waals surface area contributed by atoms with Crippen LogP contribution in [0, 0.1) is 0 Å². The van der Waals surface area contributed by atoms with Crippen molar-refractivity contribution in [3.05, 3.63) is 126 Å². The smallest absolute Gasteiger partial charge is 0.255 e. The Kier molecular flexibility index (Phi) is 7.15. The molecule has 1 atom stereocenters. The number of para-hydroxylation sites is 1. The Bertz CT molecular complexity index is 1700. The Morgan fingerprint density at radius 1 is 0.976 bits per heavy atom. The molecule has 1 amide bonds. The van der Waals surface area contributed by atoms with Crippen molar-refractivity contribution in [3.63, 3.8) is 0 Å². The molecule has 5 aromatic rings. The first-order valence-corrected chi connectivity index (χ1v) is 13.2. The minimum absolute atomic E-state index is 0.266. The van der Waals surface area contributed by atoms with Crippen molar-refractivity contribution >= 4 is 17.5 Å². The first kappa shape index (κ1) is 25.8. The van der Waals surface area contributed by atoms with Gasteiger partial charge in [-0.1, -0.05) is 54.6 Å². The number of anilines is 2. The Morgan fingerprint density at radius 3 is 2.51 bits per heavy atom. The molecule has 1 unspecified atom stereocenters. The third-order valence-corrected chi connectivity index (χ3v) is 6.81. The van der Waals surface area contributed by atoms with E-state index in [2.05, 4.69) is 15.6 Å². The second kappa shape index (κ2) is 11.4. The van der Waals surface area contributed by atoms with Gasteiger partial charge in [-0.15, -0.1) is 5.10 Å². The molecule has 6 rings (SSSR count). The minimum atomic E-state index is -0.554. The summed E-state index contributed by atoms with van der Waals surface area (Å²) in [6.45, 7) is 2.32. The fourth-order valence-corrected chi connectivity index (χ4v) is 4.82. The molecule has 0 radical (unpaired) electrons. The van der Waals surface area contributed by atoms with Gasteiger partial charge in [-0.3, -0.25) is 9.78 Å². The zero-order chi connectivity index (χ0) is 28.2. The summed E-state index contributed by atoms with van der Waals surface area (Å²) in [7, 11) is 1.61. The Labute approximate surface area is 237 Å². The number of aromatic nitrogens is 4. The summed E-state index contributed by atoms with van der Waals surface area (Å²) >= 11 is 0. The van der Waals surface area contributed by atoms with Crippen LogP contribution in [0.5, 0.6) is 11.5 Å². The summed E-state index contributed by atoms with van der Waals surface area (Å²) in [5.41, 5.74) is 4.47. The van der Waals surface area contributed by atoms with Gasteiger partial charge in [0, 0.05) is 11.9 Å². The Balaban J connectivity index is 1.37. The minimum Gasteiger partial charge on any atom is -0.496 e. The van der Waals surface area contributed by atoms with Gasteiger partial charge in [0.15, 0.2) is 5.82 Å². The van der Waals surface area contributed by atoms with E-state index >= 15 is 0 Å². The first-order valence-electron chi connectivity index (χ1n) is 13.2. The van der Waals surface area contributed by atoms with Crippen LogP contribution in [0.4, 0.5) is 11.6 Å². The van der Waals surface area contributed by atoms with E-state index in [-0.39, 0.29) is 5.91 Å².